The van der Waals surface area contributed by atoms with E-state index in [-0.39, 0.29) is 0 Å². The molecule has 0 saturated heterocycles. The van der Waals surface area contributed by atoms with Crippen LogP contribution in [0.25, 0.3) is 0 Å². The molecule has 0 aromatic carbocycles. The molecule has 94 valence electrons. The fourth-order valence-corrected chi connectivity index (χ4v) is 3.23. The van der Waals surface area contributed by atoms with Gasteiger partial charge in [-0.1, -0.05) is 13.3 Å². The van der Waals surface area contributed by atoms with E-state index in [0.717, 1.165) is 18.0 Å². The molecule has 1 aromatic heterocycles. The smallest absolute Gasteiger partial charge is 0.131 e. The fourth-order valence-electron chi connectivity index (χ4n) is 2.36. The van der Waals surface area contributed by atoms with Crippen LogP contribution in [0.2, 0.25) is 0 Å². The quantitative estimate of drug-likeness (QED) is 0.871. The molecular formula is C13H16N4S. The summed E-state index contributed by atoms with van der Waals surface area (Å²) in [6, 6.07) is 4.11. The van der Waals surface area contributed by atoms with Crippen LogP contribution in [0, 0.1) is 28.1 Å². The summed E-state index contributed by atoms with van der Waals surface area (Å²) in [6.07, 6.45) is 4.92. The molecule has 1 heterocycles. The molecule has 4 nitrogen and oxygen atoms in total. The lowest BCUT2D eigenvalue weighted by Gasteiger charge is -2.41. The number of hydrogen-bond acceptors (Lipinski definition) is 5. The van der Waals surface area contributed by atoms with E-state index in [9.17, 15) is 0 Å². The van der Waals surface area contributed by atoms with Crippen LogP contribution in [0.4, 0.5) is 10.7 Å². The summed E-state index contributed by atoms with van der Waals surface area (Å²) < 4.78 is 0. The van der Waals surface area contributed by atoms with E-state index in [0.29, 0.717) is 21.5 Å². The second-order valence-corrected chi connectivity index (χ2v) is 5.85. The van der Waals surface area contributed by atoms with Gasteiger partial charge in [0.2, 0.25) is 0 Å². The van der Waals surface area contributed by atoms with Crippen molar-refractivity contribution in [1.29, 1.82) is 10.5 Å². The summed E-state index contributed by atoms with van der Waals surface area (Å²) in [5.41, 5.74) is 6.87. The summed E-state index contributed by atoms with van der Waals surface area (Å²) in [5, 5.41) is 22.1. The minimum absolute atomic E-state index is 0.312. The van der Waals surface area contributed by atoms with Crippen LogP contribution in [-0.2, 0) is 0 Å². The van der Waals surface area contributed by atoms with Gasteiger partial charge in [0, 0.05) is 6.54 Å². The maximum absolute atomic E-state index is 9.09. The second-order valence-electron chi connectivity index (χ2n) is 4.83. The van der Waals surface area contributed by atoms with Crippen molar-refractivity contribution in [2.45, 2.75) is 32.6 Å². The van der Waals surface area contributed by atoms with Crippen molar-refractivity contribution in [3.05, 3.63) is 10.4 Å². The van der Waals surface area contributed by atoms with Gasteiger partial charge < -0.3 is 11.1 Å². The maximum atomic E-state index is 9.09. The number of thiophene rings is 1. The molecule has 1 aliphatic rings. The van der Waals surface area contributed by atoms with Gasteiger partial charge in [-0.2, -0.15) is 10.5 Å². The maximum Gasteiger partial charge on any atom is 0.131 e. The minimum atomic E-state index is 0.312. The molecule has 0 atom stereocenters. The summed E-state index contributed by atoms with van der Waals surface area (Å²) in [7, 11) is 0. The molecule has 0 radical (unpaired) electrons. The van der Waals surface area contributed by atoms with E-state index in [1.807, 2.05) is 6.07 Å². The number of rotatable bonds is 4. The summed E-state index contributed by atoms with van der Waals surface area (Å²) in [5.74, 6) is 0. The van der Waals surface area contributed by atoms with Crippen LogP contribution in [0.1, 0.15) is 43.0 Å². The molecule has 1 aromatic rings. The van der Waals surface area contributed by atoms with E-state index in [2.05, 4.69) is 18.3 Å². The Hall–Kier alpha value is -1.72. The third kappa shape index (κ3) is 2.02. The highest BCUT2D eigenvalue weighted by Gasteiger charge is 2.35. The zero-order valence-electron chi connectivity index (χ0n) is 10.4. The molecule has 1 aliphatic carbocycles. The van der Waals surface area contributed by atoms with Gasteiger partial charge in [0.05, 0.1) is 5.69 Å². The number of nitrogens with one attached hydrogen (secondary N) is 1. The van der Waals surface area contributed by atoms with Crippen molar-refractivity contribution < 1.29 is 0 Å². The van der Waals surface area contributed by atoms with Gasteiger partial charge in [-0.3, -0.25) is 0 Å². The molecule has 1 saturated carbocycles. The fraction of sp³-hybridized carbons (Fsp3) is 0.538. The first-order valence-corrected chi connectivity index (χ1v) is 6.94. The lowest BCUT2D eigenvalue weighted by atomic mass is 9.67. The van der Waals surface area contributed by atoms with Gasteiger partial charge in [-0.25, -0.2) is 0 Å². The Morgan fingerprint density at radius 2 is 2.11 bits per heavy atom. The third-order valence-corrected chi connectivity index (χ3v) is 5.01. The minimum Gasteiger partial charge on any atom is -0.396 e. The number of nitrogens with two attached hydrogens (primary N) is 1. The molecule has 0 bridgehead atoms. The standard InChI is InChI=1S/C13H16N4S/c1-2-13(4-3-5-13)8-17-12-9(6-14)11(16)10(7-15)18-12/h17H,2-5,8,16H2,1H3. The zero-order valence-corrected chi connectivity index (χ0v) is 11.2. The lowest BCUT2D eigenvalue weighted by Crippen LogP contribution is -2.35. The van der Waals surface area contributed by atoms with Gasteiger partial charge in [0.25, 0.3) is 0 Å². The number of anilines is 2. The Morgan fingerprint density at radius 3 is 2.56 bits per heavy atom. The van der Waals surface area contributed by atoms with Crippen LogP contribution in [0.3, 0.4) is 0 Å². The highest BCUT2D eigenvalue weighted by Crippen LogP contribution is 2.44. The normalized spacial score (nSPS) is 16.4. The highest BCUT2D eigenvalue weighted by atomic mass is 32.1. The number of hydrogen-bond donors (Lipinski definition) is 2. The summed E-state index contributed by atoms with van der Waals surface area (Å²) in [4.78, 5) is 0.424. The van der Waals surface area contributed by atoms with Crippen LogP contribution in [0.15, 0.2) is 0 Å². The Balaban J connectivity index is 2.15. The van der Waals surface area contributed by atoms with Gasteiger partial charge in [-0.15, -0.1) is 11.3 Å². The van der Waals surface area contributed by atoms with Gasteiger partial charge in [0.15, 0.2) is 0 Å². The molecule has 2 rings (SSSR count). The average Bonchev–Trinajstić information content (AvgIpc) is 2.64. The lowest BCUT2D eigenvalue weighted by molar-refractivity contribution is 0.145. The number of nitrogen functional groups attached to an aromatic ring is 1. The zero-order chi connectivity index (χ0) is 13.2. The van der Waals surface area contributed by atoms with E-state index in [4.69, 9.17) is 16.3 Å². The monoisotopic (exact) mass is 260 g/mol. The van der Waals surface area contributed by atoms with Crippen molar-refractivity contribution in [1.82, 2.24) is 0 Å². The van der Waals surface area contributed by atoms with E-state index in [1.165, 1.54) is 30.6 Å². The van der Waals surface area contributed by atoms with E-state index in [1.54, 1.807) is 0 Å². The van der Waals surface area contributed by atoms with Crippen LogP contribution in [0.5, 0.6) is 0 Å². The first-order chi connectivity index (χ1) is 8.65. The highest BCUT2D eigenvalue weighted by molar-refractivity contribution is 7.17. The topological polar surface area (TPSA) is 85.6 Å². The summed E-state index contributed by atoms with van der Waals surface area (Å²) >= 11 is 1.28. The Labute approximate surface area is 111 Å². The van der Waals surface area contributed by atoms with Crippen molar-refractivity contribution >= 4 is 22.0 Å². The molecule has 0 spiro atoms. The first kappa shape index (κ1) is 12.7. The molecular weight excluding hydrogens is 244 g/mol. The van der Waals surface area contributed by atoms with Crippen molar-refractivity contribution in [2.24, 2.45) is 5.41 Å². The van der Waals surface area contributed by atoms with Crippen molar-refractivity contribution in [2.75, 3.05) is 17.6 Å². The molecule has 18 heavy (non-hydrogen) atoms. The van der Waals surface area contributed by atoms with E-state index < -0.39 is 0 Å². The molecule has 5 heteroatoms. The molecule has 0 aliphatic heterocycles. The molecule has 0 amide bonds. The number of nitriles is 2. The van der Waals surface area contributed by atoms with Gasteiger partial charge in [-0.05, 0) is 24.7 Å². The van der Waals surface area contributed by atoms with Gasteiger partial charge >= 0.3 is 0 Å². The Morgan fingerprint density at radius 1 is 1.39 bits per heavy atom. The molecule has 3 N–H and O–H groups in total. The van der Waals surface area contributed by atoms with Crippen LogP contribution >= 0.6 is 11.3 Å². The van der Waals surface area contributed by atoms with Gasteiger partial charge in [0.1, 0.15) is 27.6 Å². The number of nitrogens with zero attached hydrogens (tertiary/aromatic N) is 2. The largest absolute Gasteiger partial charge is 0.396 e. The van der Waals surface area contributed by atoms with Crippen molar-refractivity contribution in [3.8, 4) is 12.1 Å². The SMILES string of the molecule is CCC1(CNc2sc(C#N)c(N)c2C#N)CCC1. The Kier molecular flexibility index (Phi) is 3.45. The summed E-state index contributed by atoms with van der Waals surface area (Å²) in [6.45, 7) is 3.07. The van der Waals surface area contributed by atoms with Crippen molar-refractivity contribution in [3.63, 3.8) is 0 Å². The first-order valence-electron chi connectivity index (χ1n) is 6.12. The molecule has 0 unspecified atom stereocenters. The van der Waals surface area contributed by atoms with E-state index >= 15 is 0 Å². The second kappa shape index (κ2) is 4.88. The predicted octanol–water partition coefficient (Wildman–Crippen LogP) is 3.07. The van der Waals surface area contributed by atoms with Crippen LogP contribution in [-0.4, -0.2) is 6.54 Å². The Bertz CT molecular complexity index is 523. The average molecular weight is 260 g/mol. The predicted molar refractivity (Wildman–Crippen MR) is 73.2 cm³/mol. The van der Waals surface area contributed by atoms with Crippen LogP contribution < -0.4 is 11.1 Å². The third-order valence-electron chi connectivity index (χ3n) is 3.95. The molecule has 1 fully saturated rings.